The molecule has 27 heavy (non-hydrogen) atoms. The number of nitriles is 1. The van der Waals surface area contributed by atoms with Gasteiger partial charge in [0.15, 0.2) is 0 Å². The molecule has 0 radical (unpaired) electrons. The van der Waals surface area contributed by atoms with Gasteiger partial charge in [-0.2, -0.15) is 5.26 Å². The molecule has 0 aliphatic rings. The molecule has 4 nitrogen and oxygen atoms in total. The van der Waals surface area contributed by atoms with E-state index >= 15 is 0 Å². The predicted molar refractivity (Wildman–Crippen MR) is 108 cm³/mol. The van der Waals surface area contributed by atoms with Gasteiger partial charge in [-0.25, -0.2) is 0 Å². The first-order valence-corrected chi connectivity index (χ1v) is 9.13. The monoisotopic (exact) mass is 362 g/mol. The van der Waals surface area contributed by atoms with Crippen LogP contribution < -0.4 is 5.32 Å². The van der Waals surface area contributed by atoms with E-state index in [1.807, 2.05) is 13.8 Å². The van der Waals surface area contributed by atoms with Crippen molar-refractivity contribution in [2.45, 2.75) is 39.7 Å². The average Bonchev–Trinajstić information content (AvgIpc) is 2.68. The minimum atomic E-state index is -0.230. The molecular weight excluding hydrogens is 336 g/mol. The summed E-state index contributed by atoms with van der Waals surface area (Å²) in [5.74, 6) is -0.230. The third-order valence-corrected chi connectivity index (χ3v) is 4.76. The van der Waals surface area contributed by atoms with E-state index in [4.69, 9.17) is 5.26 Å². The molecule has 1 amide bonds. The van der Waals surface area contributed by atoms with Gasteiger partial charge in [-0.3, -0.25) is 4.79 Å². The van der Waals surface area contributed by atoms with Crippen LogP contribution in [0.15, 0.2) is 48.5 Å². The number of hydrogen-bond acceptors (Lipinski definition) is 3. The van der Waals surface area contributed by atoms with Gasteiger partial charge in [0.1, 0.15) is 0 Å². The first-order valence-electron chi connectivity index (χ1n) is 9.13. The van der Waals surface area contributed by atoms with E-state index in [1.165, 1.54) is 11.1 Å². The largest absolute Gasteiger partial charge is 0.396 e. The Morgan fingerprint density at radius 3 is 2.48 bits per heavy atom. The maximum atomic E-state index is 12.6. The smallest absolute Gasteiger partial charge is 0.251 e. The highest BCUT2D eigenvalue weighted by Crippen LogP contribution is 2.16. The summed E-state index contributed by atoms with van der Waals surface area (Å²) in [6.45, 7) is 5.92. The summed E-state index contributed by atoms with van der Waals surface area (Å²) in [6, 6.07) is 15.3. The highest BCUT2D eigenvalue weighted by Gasteiger charge is 2.15. The minimum absolute atomic E-state index is 0.00193. The zero-order valence-corrected chi connectivity index (χ0v) is 16.1. The molecule has 0 aromatic heterocycles. The lowest BCUT2D eigenvalue weighted by Gasteiger charge is -2.18. The molecule has 0 heterocycles. The Hall–Kier alpha value is -2.90. The van der Waals surface area contributed by atoms with Crippen LogP contribution in [-0.4, -0.2) is 23.7 Å². The number of aliphatic hydroxyl groups is 1. The predicted octanol–water partition coefficient (Wildman–Crippen LogP) is 4.01. The topological polar surface area (TPSA) is 73.1 Å². The number of benzene rings is 2. The van der Waals surface area contributed by atoms with Gasteiger partial charge >= 0.3 is 0 Å². The van der Waals surface area contributed by atoms with Gasteiger partial charge in [-0.1, -0.05) is 36.4 Å². The van der Waals surface area contributed by atoms with E-state index in [2.05, 4.69) is 48.7 Å². The Morgan fingerprint density at radius 2 is 1.89 bits per heavy atom. The number of carbonyl (C=O) groups is 1. The molecule has 4 heteroatoms. The van der Waals surface area contributed by atoms with Crippen molar-refractivity contribution in [3.8, 4) is 6.07 Å². The summed E-state index contributed by atoms with van der Waals surface area (Å²) in [4.78, 5) is 12.6. The van der Waals surface area contributed by atoms with Gasteiger partial charge < -0.3 is 10.4 Å². The number of carbonyl (C=O) groups excluding carboxylic acids is 1. The molecule has 2 aromatic rings. The van der Waals surface area contributed by atoms with Gasteiger partial charge in [0, 0.05) is 18.2 Å². The van der Waals surface area contributed by atoms with Crippen molar-refractivity contribution in [1.29, 1.82) is 5.26 Å². The molecule has 0 fully saturated rings. The normalized spacial score (nSPS) is 12.3. The molecule has 0 bridgehead atoms. The fraction of sp³-hybridized carbons (Fsp3) is 0.304. The van der Waals surface area contributed by atoms with Crippen LogP contribution in [0.5, 0.6) is 0 Å². The fourth-order valence-corrected chi connectivity index (χ4v) is 2.89. The summed E-state index contributed by atoms with van der Waals surface area (Å²) in [5, 5.41) is 21.5. The Morgan fingerprint density at radius 1 is 1.22 bits per heavy atom. The van der Waals surface area contributed by atoms with E-state index in [9.17, 15) is 9.90 Å². The second-order valence-corrected chi connectivity index (χ2v) is 6.70. The summed E-state index contributed by atoms with van der Waals surface area (Å²) in [6.07, 6.45) is 3.18. The standard InChI is InChI=1S/C23H26N2O2/c1-4-16(2)19-9-6-18(7-10-19)13-22(11-12-26)25-23(27)20-8-5-17(3)21(14-20)15-24/h4-10,14,22,26H,11-13H2,1-3H3,(H,25,27)/b16-4+. The number of nitrogens with zero attached hydrogens (tertiary/aromatic N) is 1. The lowest BCUT2D eigenvalue weighted by molar-refractivity contribution is 0.0930. The molecule has 0 spiro atoms. The van der Waals surface area contributed by atoms with E-state index in [1.54, 1.807) is 18.2 Å². The van der Waals surface area contributed by atoms with Gasteiger partial charge in [-0.05, 0) is 68.0 Å². The van der Waals surface area contributed by atoms with E-state index in [-0.39, 0.29) is 18.6 Å². The quantitative estimate of drug-likeness (QED) is 0.781. The summed E-state index contributed by atoms with van der Waals surface area (Å²) >= 11 is 0. The van der Waals surface area contributed by atoms with Gasteiger partial charge in [0.05, 0.1) is 11.6 Å². The third-order valence-electron chi connectivity index (χ3n) is 4.76. The van der Waals surface area contributed by atoms with Crippen LogP contribution in [0.4, 0.5) is 0 Å². The van der Waals surface area contributed by atoms with Gasteiger partial charge in [-0.15, -0.1) is 0 Å². The molecule has 1 unspecified atom stereocenters. The highest BCUT2D eigenvalue weighted by atomic mass is 16.3. The summed E-state index contributed by atoms with van der Waals surface area (Å²) in [5.41, 5.74) is 5.29. The lowest BCUT2D eigenvalue weighted by atomic mass is 9.99. The van der Waals surface area contributed by atoms with Gasteiger partial charge in [0.25, 0.3) is 5.91 Å². The van der Waals surface area contributed by atoms with Crippen LogP contribution in [0.1, 0.15) is 52.9 Å². The minimum Gasteiger partial charge on any atom is -0.396 e. The molecule has 2 rings (SSSR count). The Bertz CT molecular complexity index is 861. The first-order chi connectivity index (χ1) is 13.0. The second-order valence-electron chi connectivity index (χ2n) is 6.70. The van der Waals surface area contributed by atoms with E-state index in [0.29, 0.717) is 24.0 Å². The molecule has 0 aliphatic heterocycles. The molecule has 2 N–H and O–H groups in total. The van der Waals surface area contributed by atoms with Crippen molar-refractivity contribution < 1.29 is 9.90 Å². The Labute approximate surface area is 161 Å². The zero-order valence-electron chi connectivity index (χ0n) is 16.1. The molecule has 0 saturated carbocycles. The molecule has 140 valence electrons. The van der Waals surface area contributed by atoms with Crippen LogP contribution in [0, 0.1) is 18.3 Å². The number of hydrogen-bond donors (Lipinski definition) is 2. The highest BCUT2D eigenvalue weighted by molar-refractivity contribution is 5.94. The van der Waals surface area contributed by atoms with E-state index < -0.39 is 0 Å². The van der Waals surface area contributed by atoms with Crippen molar-refractivity contribution in [2.75, 3.05) is 6.61 Å². The molecular formula is C23H26N2O2. The van der Waals surface area contributed by atoms with Crippen LogP contribution in [0.25, 0.3) is 5.57 Å². The van der Waals surface area contributed by atoms with Crippen molar-refractivity contribution in [1.82, 2.24) is 5.32 Å². The van der Waals surface area contributed by atoms with E-state index in [0.717, 1.165) is 11.1 Å². The third kappa shape index (κ3) is 5.54. The maximum Gasteiger partial charge on any atom is 0.251 e. The average molecular weight is 362 g/mol. The van der Waals surface area contributed by atoms with Crippen LogP contribution in [-0.2, 0) is 6.42 Å². The number of aryl methyl sites for hydroxylation is 1. The summed E-state index contributed by atoms with van der Waals surface area (Å²) in [7, 11) is 0. The van der Waals surface area contributed by atoms with Crippen LogP contribution in [0.3, 0.4) is 0 Å². The van der Waals surface area contributed by atoms with Crippen molar-refractivity contribution in [2.24, 2.45) is 0 Å². The number of nitrogens with one attached hydrogen (secondary N) is 1. The van der Waals surface area contributed by atoms with Crippen molar-refractivity contribution >= 4 is 11.5 Å². The molecule has 2 aromatic carbocycles. The van der Waals surface area contributed by atoms with Crippen LogP contribution >= 0.6 is 0 Å². The van der Waals surface area contributed by atoms with Gasteiger partial charge in [0.2, 0.25) is 0 Å². The Balaban J connectivity index is 2.11. The molecule has 0 saturated heterocycles. The molecule has 0 aliphatic carbocycles. The lowest BCUT2D eigenvalue weighted by Crippen LogP contribution is -2.37. The maximum absolute atomic E-state index is 12.6. The zero-order chi connectivity index (χ0) is 19.8. The van der Waals surface area contributed by atoms with Crippen molar-refractivity contribution in [3.05, 3.63) is 76.4 Å². The van der Waals surface area contributed by atoms with Crippen LogP contribution in [0.2, 0.25) is 0 Å². The SMILES string of the molecule is C/C=C(\C)c1ccc(CC(CCO)NC(=O)c2ccc(C)c(C#N)c2)cc1. The Kier molecular flexibility index (Phi) is 7.34. The number of rotatable bonds is 7. The number of allylic oxidation sites excluding steroid dienone is 2. The number of aliphatic hydroxyl groups excluding tert-OH is 1. The summed E-state index contributed by atoms with van der Waals surface area (Å²) < 4.78 is 0. The first kappa shape index (κ1) is 20.4. The molecule has 1 atom stereocenters. The number of amides is 1. The fourth-order valence-electron chi connectivity index (χ4n) is 2.89. The second kappa shape index (κ2) is 9.70. The van der Waals surface area contributed by atoms with Crippen molar-refractivity contribution in [3.63, 3.8) is 0 Å².